The zero-order valence-corrected chi connectivity index (χ0v) is 17.5. The van der Waals surface area contributed by atoms with Gasteiger partial charge in [0.25, 0.3) is 0 Å². The van der Waals surface area contributed by atoms with Gasteiger partial charge >= 0.3 is 0 Å². The molecule has 1 aliphatic rings. The number of carbonyl (C=O) groups excluding carboxylic acids is 1. The molecular formula is C25H26FN3O2. The molecule has 0 saturated heterocycles. The van der Waals surface area contributed by atoms with Crippen molar-refractivity contribution in [3.8, 4) is 5.75 Å². The molecule has 3 aromatic rings. The molecule has 5 nitrogen and oxygen atoms in total. The lowest BCUT2D eigenvalue weighted by atomic mass is 10.1. The van der Waals surface area contributed by atoms with Crippen LogP contribution in [0.15, 0.2) is 72.9 Å². The van der Waals surface area contributed by atoms with Crippen LogP contribution in [0.25, 0.3) is 0 Å². The van der Waals surface area contributed by atoms with Crippen molar-refractivity contribution in [2.75, 3.05) is 13.1 Å². The molecule has 2 aromatic carbocycles. The van der Waals surface area contributed by atoms with Gasteiger partial charge in [-0.3, -0.25) is 14.7 Å². The van der Waals surface area contributed by atoms with E-state index in [-0.39, 0.29) is 24.3 Å². The predicted molar refractivity (Wildman–Crippen MR) is 117 cm³/mol. The molecule has 31 heavy (non-hydrogen) atoms. The minimum Gasteiger partial charge on any atom is -0.484 e. The molecule has 1 amide bonds. The van der Waals surface area contributed by atoms with Crippen molar-refractivity contribution in [1.29, 1.82) is 0 Å². The maximum atomic E-state index is 14.5. The maximum Gasteiger partial charge on any atom is 0.234 e. The molecular weight excluding hydrogens is 393 g/mol. The van der Waals surface area contributed by atoms with E-state index in [0.29, 0.717) is 25.1 Å². The largest absolute Gasteiger partial charge is 0.484 e. The number of rotatable bonds is 6. The van der Waals surface area contributed by atoms with Gasteiger partial charge in [0.1, 0.15) is 17.7 Å². The summed E-state index contributed by atoms with van der Waals surface area (Å²) < 4.78 is 20.6. The maximum absolute atomic E-state index is 14.5. The zero-order chi connectivity index (χ0) is 21.6. The molecule has 6 heteroatoms. The molecule has 2 heterocycles. The second-order valence-corrected chi connectivity index (χ2v) is 7.90. The first kappa shape index (κ1) is 21.0. The molecule has 0 saturated carbocycles. The van der Waals surface area contributed by atoms with Crippen molar-refractivity contribution in [1.82, 2.24) is 15.2 Å². The molecule has 0 bridgehead atoms. The van der Waals surface area contributed by atoms with Crippen LogP contribution in [0.2, 0.25) is 0 Å². The molecule has 1 N–H and O–H groups in total. The van der Waals surface area contributed by atoms with E-state index in [4.69, 9.17) is 4.74 Å². The van der Waals surface area contributed by atoms with Crippen LogP contribution in [-0.2, 0) is 17.8 Å². The van der Waals surface area contributed by atoms with Gasteiger partial charge in [-0.2, -0.15) is 0 Å². The highest BCUT2D eigenvalue weighted by Gasteiger charge is 2.27. The zero-order valence-electron chi connectivity index (χ0n) is 17.5. The van der Waals surface area contributed by atoms with Crippen molar-refractivity contribution in [3.63, 3.8) is 0 Å². The van der Waals surface area contributed by atoms with E-state index in [2.05, 4.69) is 10.3 Å². The Hall–Kier alpha value is -3.25. The van der Waals surface area contributed by atoms with Gasteiger partial charge in [0.2, 0.25) is 5.91 Å². The molecule has 0 radical (unpaired) electrons. The number of benzene rings is 2. The fraction of sp³-hybridized carbons (Fsp3) is 0.280. The summed E-state index contributed by atoms with van der Waals surface area (Å²) in [4.78, 5) is 19.1. The lowest BCUT2D eigenvalue weighted by Gasteiger charge is -2.24. The van der Waals surface area contributed by atoms with Gasteiger partial charge in [0.05, 0.1) is 6.54 Å². The summed E-state index contributed by atoms with van der Waals surface area (Å²) in [6.07, 6.45) is 1.92. The highest BCUT2D eigenvalue weighted by molar-refractivity contribution is 5.78. The van der Waals surface area contributed by atoms with Gasteiger partial charge in [-0.15, -0.1) is 0 Å². The first-order valence-electron chi connectivity index (χ1n) is 10.5. The monoisotopic (exact) mass is 419 g/mol. The van der Waals surface area contributed by atoms with E-state index >= 15 is 0 Å². The first-order chi connectivity index (χ1) is 15.1. The highest BCUT2D eigenvalue weighted by atomic mass is 19.1. The third kappa shape index (κ3) is 5.47. The Morgan fingerprint density at radius 2 is 1.94 bits per heavy atom. The number of nitrogens with one attached hydrogen (secondary N) is 1. The van der Waals surface area contributed by atoms with Crippen molar-refractivity contribution in [2.45, 2.75) is 32.0 Å². The molecule has 2 unspecified atom stereocenters. The molecule has 0 spiro atoms. The Bertz CT molecular complexity index is 1030. The standard InChI is InChI=1S/C25H26FN3O2/c1-18(14-20-9-6-7-13-27-20)28-25(30)17-29-15-19-8-2-5-12-23(19)31-24(16-29)21-10-3-4-11-22(21)26/h2-13,18,24H,14-17H2,1H3,(H,28,30). The number of halogens is 1. The SMILES string of the molecule is CC(Cc1ccccn1)NC(=O)CN1Cc2ccccc2OC(c2ccccc2F)C1. The Labute approximate surface area is 181 Å². The second-order valence-electron chi connectivity index (χ2n) is 7.90. The second kappa shape index (κ2) is 9.71. The average Bonchev–Trinajstić information content (AvgIpc) is 2.93. The Morgan fingerprint density at radius 1 is 1.16 bits per heavy atom. The summed E-state index contributed by atoms with van der Waals surface area (Å²) in [7, 11) is 0. The van der Waals surface area contributed by atoms with Gasteiger partial charge in [-0.05, 0) is 31.2 Å². The van der Waals surface area contributed by atoms with Crippen LogP contribution in [-0.4, -0.2) is 34.9 Å². The molecule has 2 atom stereocenters. The normalized spacial score (nSPS) is 17.2. The van der Waals surface area contributed by atoms with E-state index < -0.39 is 6.10 Å². The van der Waals surface area contributed by atoms with Crippen molar-refractivity contribution in [2.24, 2.45) is 0 Å². The summed E-state index contributed by atoms with van der Waals surface area (Å²) in [5.74, 6) is 0.345. The van der Waals surface area contributed by atoms with Crippen LogP contribution >= 0.6 is 0 Å². The number of fused-ring (bicyclic) bond motifs is 1. The summed E-state index contributed by atoms with van der Waals surface area (Å²) >= 11 is 0. The number of pyridine rings is 1. The van der Waals surface area contributed by atoms with Crippen LogP contribution in [0, 0.1) is 5.82 Å². The van der Waals surface area contributed by atoms with E-state index in [0.717, 1.165) is 17.0 Å². The third-order valence-electron chi connectivity index (χ3n) is 5.33. The van der Waals surface area contributed by atoms with E-state index in [1.54, 1.807) is 24.4 Å². The Kier molecular flexibility index (Phi) is 6.57. The lowest BCUT2D eigenvalue weighted by molar-refractivity contribution is -0.123. The lowest BCUT2D eigenvalue weighted by Crippen LogP contribution is -2.42. The van der Waals surface area contributed by atoms with Gasteiger partial charge < -0.3 is 10.1 Å². The minimum absolute atomic E-state index is 0.0414. The van der Waals surface area contributed by atoms with Crippen LogP contribution < -0.4 is 10.1 Å². The number of hydrogen-bond acceptors (Lipinski definition) is 4. The number of carbonyl (C=O) groups is 1. The van der Waals surface area contributed by atoms with Gasteiger partial charge in [-0.1, -0.05) is 42.5 Å². The van der Waals surface area contributed by atoms with E-state index in [9.17, 15) is 9.18 Å². The molecule has 160 valence electrons. The van der Waals surface area contributed by atoms with E-state index in [1.807, 2.05) is 54.3 Å². The number of hydrogen-bond donors (Lipinski definition) is 1. The molecule has 0 fully saturated rings. The van der Waals surface area contributed by atoms with Crippen molar-refractivity contribution < 1.29 is 13.9 Å². The van der Waals surface area contributed by atoms with Crippen molar-refractivity contribution in [3.05, 3.63) is 95.6 Å². The smallest absolute Gasteiger partial charge is 0.234 e. The fourth-order valence-electron chi connectivity index (χ4n) is 3.91. The first-order valence-corrected chi connectivity index (χ1v) is 10.5. The van der Waals surface area contributed by atoms with Crippen LogP contribution in [0.4, 0.5) is 4.39 Å². The minimum atomic E-state index is -0.497. The number of ether oxygens (including phenoxy) is 1. The molecule has 4 rings (SSSR count). The summed E-state index contributed by atoms with van der Waals surface area (Å²) in [5, 5.41) is 3.05. The predicted octanol–water partition coefficient (Wildman–Crippen LogP) is 3.90. The number of aromatic nitrogens is 1. The van der Waals surface area contributed by atoms with Gasteiger partial charge in [-0.25, -0.2) is 4.39 Å². The Balaban J connectivity index is 1.46. The van der Waals surface area contributed by atoms with Gasteiger partial charge in [0, 0.05) is 48.6 Å². The third-order valence-corrected chi connectivity index (χ3v) is 5.33. The topological polar surface area (TPSA) is 54.5 Å². The van der Waals surface area contributed by atoms with E-state index in [1.165, 1.54) is 6.07 Å². The summed E-state index contributed by atoms with van der Waals surface area (Å²) in [6.45, 7) is 3.14. The summed E-state index contributed by atoms with van der Waals surface area (Å²) in [6, 6.07) is 20.1. The number of amides is 1. The van der Waals surface area contributed by atoms with Crippen molar-refractivity contribution >= 4 is 5.91 Å². The quantitative estimate of drug-likeness (QED) is 0.658. The summed E-state index contributed by atoms with van der Waals surface area (Å²) in [5.41, 5.74) is 2.41. The molecule has 1 aliphatic heterocycles. The van der Waals surface area contributed by atoms with Crippen LogP contribution in [0.3, 0.4) is 0 Å². The number of para-hydroxylation sites is 1. The average molecular weight is 420 g/mol. The fourth-order valence-corrected chi connectivity index (χ4v) is 3.91. The van der Waals surface area contributed by atoms with Crippen LogP contribution in [0.5, 0.6) is 5.75 Å². The van der Waals surface area contributed by atoms with Crippen LogP contribution in [0.1, 0.15) is 29.8 Å². The number of nitrogens with zero attached hydrogens (tertiary/aromatic N) is 2. The highest BCUT2D eigenvalue weighted by Crippen LogP contribution is 2.31. The van der Waals surface area contributed by atoms with Gasteiger partial charge in [0.15, 0.2) is 0 Å². The molecule has 0 aliphatic carbocycles. The Morgan fingerprint density at radius 3 is 2.74 bits per heavy atom. The molecule has 1 aromatic heterocycles.